The lowest BCUT2D eigenvalue weighted by atomic mass is 9.95. The lowest BCUT2D eigenvalue weighted by molar-refractivity contribution is -0.137. The third kappa shape index (κ3) is 10.1. The summed E-state index contributed by atoms with van der Waals surface area (Å²) in [5, 5.41) is 23.0. The van der Waals surface area contributed by atoms with Crippen molar-refractivity contribution in [1.29, 1.82) is 0 Å². The van der Waals surface area contributed by atoms with Gasteiger partial charge in [0.15, 0.2) is 0 Å². The molecule has 42 heavy (non-hydrogen) atoms. The third-order valence-electron chi connectivity index (χ3n) is 7.67. The summed E-state index contributed by atoms with van der Waals surface area (Å²) < 4.78 is 28.3. The van der Waals surface area contributed by atoms with Crippen molar-refractivity contribution in [3.63, 3.8) is 0 Å². The predicted molar refractivity (Wildman–Crippen MR) is 169 cm³/mol. The van der Waals surface area contributed by atoms with Crippen molar-refractivity contribution in [1.82, 2.24) is 9.62 Å². The molecule has 0 bridgehead atoms. The summed E-state index contributed by atoms with van der Waals surface area (Å²) >= 11 is 0. The number of sulfonamides is 1. The monoisotopic (exact) mass is 594 g/mol. The Bertz CT molecular complexity index is 1390. The summed E-state index contributed by atoms with van der Waals surface area (Å²) in [6.45, 7) is 6.43. The zero-order valence-electron chi connectivity index (χ0n) is 25.3. The maximum Gasteiger partial charge on any atom is 0.303 e. The molecule has 1 unspecified atom stereocenters. The first-order valence-electron chi connectivity index (χ1n) is 14.8. The molecule has 0 heterocycles. The molecule has 3 rings (SSSR count). The van der Waals surface area contributed by atoms with Gasteiger partial charge in [-0.2, -0.15) is 4.31 Å². The lowest BCUT2D eigenvalue weighted by Gasteiger charge is -2.29. The van der Waals surface area contributed by atoms with Gasteiger partial charge in [0, 0.05) is 32.1 Å². The molecule has 0 spiro atoms. The second-order valence-electron chi connectivity index (χ2n) is 11.7. The predicted octanol–water partition coefficient (Wildman–Crippen LogP) is 5.70. The van der Waals surface area contributed by atoms with Crippen molar-refractivity contribution in [2.24, 2.45) is 0 Å². The molecule has 0 fully saturated rings. The van der Waals surface area contributed by atoms with Gasteiger partial charge < -0.3 is 15.5 Å². The smallest absolute Gasteiger partial charge is 0.303 e. The Morgan fingerprint density at radius 2 is 1.55 bits per heavy atom. The van der Waals surface area contributed by atoms with E-state index in [0.29, 0.717) is 25.8 Å². The van der Waals surface area contributed by atoms with Crippen LogP contribution in [0, 0.1) is 0 Å². The zero-order chi connectivity index (χ0) is 30.8. The number of nitrogens with one attached hydrogen (secondary N) is 1. The minimum absolute atomic E-state index is 0.0102. The molecule has 228 valence electrons. The molecule has 0 saturated carbocycles. The number of aryl methyl sites for hydroxylation is 3. The van der Waals surface area contributed by atoms with E-state index in [-0.39, 0.29) is 23.4 Å². The van der Waals surface area contributed by atoms with Gasteiger partial charge in [-0.3, -0.25) is 4.79 Å². The standard InChI is InChI=1S/C34H46N2O5S/c1-5-28-23-30(29-18-16-27(17-19-29)13-9-15-33(38)39)20-21-32(28)42(40,41)36(4)25-31(37)24-35-34(2,3)22-10-14-26-11-7-6-8-12-26/h6-8,11-12,16-21,23,31,35,37H,5,9-10,13-15,22,24-25H2,1-4H3,(H,38,39). The second kappa shape index (κ2) is 15.4. The highest BCUT2D eigenvalue weighted by molar-refractivity contribution is 7.89. The zero-order valence-corrected chi connectivity index (χ0v) is 26.2. The molecule has 3 aromatic rings. The minimum atomic E-state index is -3.80. The number of carboxylic acids is 1. The number of hydrogen-bond acceptors (Lipinski definition) is 5. The average Bonchev–Trinajstić information content (AvgIpc) is 2.96. The van der Waals surface area contributed by atoms with Gasteiger partial charge in [0.25, 0.3) is 0 Å². The van der Waals surface area contributed by atoms with E-state index in [9.17, 15) is 18.3 Å². The summed E-state index contributed by atoms with van der Waals surface area (Å²) in [7, 11) is -2.29. The Hall–Kier alpha value is -3.04. The number of likely N-dealkylation sites (N-methyl/N-ethyl adjacent to an activating group) is 1. The molecule has 0 aliphatic rings. The van der Waals surface area contributed by atoms with Crippen LogP contribution >= 0.6 is 0 Å². The Morgan fingerprint density at radius 1 is 0.929 bits per heavy atom. The van der Waals surface area contributed by atoms with Crippen molar-refractivity contribution in [2.45, 2.75) is 82.3 Å². The number of carboxylic acid groups (broad SMARTS) is 1. The van der Waals surface area contributed by atoms with Crippen LogP contribution < -0.4 is 5.32 Å². The van der Waals surface area contributed by atoms with Gasteiger partial charge in [-0.15, -0.1) is 0 Å². The minimum Gasteiger partial charge on any atom is -0.481 e. The van der Waals surface area contributed by atoms with Gasteiger partial charge >= 0.3 is 5.97 Å². The van der Waals surface area contributed by atoms with E-state index in [1.165, 1.54) is 16.9 Å². The van der Waals surface area contributed by atoms with Crippen LogP contribution in [0.1, 0.15) is 63.1 Å². The molecule has 3 N–H and O–H groups in total. The van der Waals surface area contributed by atoms with Crippen LogP contribution in [0.2, 0.25) is 0 Å². The summed E-state index contributed by atoms with van der Waals surface area (Å²) in [5.74, 6) is -0.792. The van der Waals surface area contributed by atoms with Crippen molar-refractivity contribution in [3.8, 4) is 11.1 Å². The van der Waals surface area contributed by atoms with Crippen molar-refractivity contribution in [3.05, 3.63) is 89.5 Å². The highest BCUT2D eigenvalue weighted by Crippen LogP contribution is 2.28. The van der Waals surface area contributed by atoms with E-state index < -0.39 is 22.1 Å². The van der Waals surface area contributed by atoms with E-state index in [1.807, 2.05) is 61.5 Å². The fourth-order valence-electron chi connectivity index (χ4n) is 5.08. The van der Waals surface area contributed by atoms with Gasteiger partial charge in [0.1, 0.15) is 0 Å². The van der Waals surface area contributed by atoms with Crippen molar-refractivity contribution in [2.75, 3.05) is 20.1 Å². The van der Waals surface area contributed by atoms with E-state index in [2.05, 4.69) is 31.3 Å². The molecule has 0 aromatic heterocycles. The van der Waals surface area contributed by atoms with Crippen LogP contribution in [-0.4, -0.2) is 60.7 Å². The molecule has 0 radical (unpaired) electrons. The van der Waals surface area contributed by atoms with Crippen LogP contribution in [0.4, 0.5) is 0 Å². The normalized spacial score (nSPS) is 12.9. The molecular formula is C34H46N2O5S. The number of aliphatic hydroxyl groups is 1. The number of aliphatic carboxylic acids is 1. The largest absolute Gasteiger partial charge is 0.481 e. The molecule has 0 amide bonds. The average molecular weight is 595 g/mol. The first kappa shape index (κ1) is 33.5. The number of benzene rings is 3. The Kier molecular flexibility index (Phi) is 12.3. The van der Waals surface area contributed by atoms with E-state index >= 15 is 0 Å². The van der Waals surface area contributed by atoms with E-state index in [4.69, 9.17) is 5.11 Å². The van der Waals surface area contributed by atoms with Crippen molar-refractivity contribution < 1.29 is 23.4 Å². The summed E-state index contributed by atoms with van der Waals surface area (Å²) in [4.78, 5) is 11.0. The number of nitrogens with zero attached hydrogens (tertiary/aromatic N) is 1. The summed E-state index contributed by atoms with van der Waals surface area (Å²) in [6, 6.07) is 23.7. The van der Waals surface area contributed by atoms with Gasteiger partial charge in [0.05, 0.1) is 11.0 Å². The fourth-order valence-corrected chi connectivity index (χ4v) is 6.56. The van der Waals surface area contributed by atoms with Crippen LogP contribution in [0.5, 0.6) is 0 Å². The van der Waals surface area contributed by atoms with Crippen LogP contribution in [0.3, 0.4) is 0 Å². The number of carbonyl (C=O) groups is 1. The SMILES string of the molecule is CCc1cc(-c2ccc(CCCC(=O)O)cc2)ccc1S(=O)(=O)N(C)CC(O)CNC(C)(C)CCCc1ccccc1. The molecule has 8 heteroatoms. The Balaban J connectivity index is 1.58. The topological polar surface area (TPSA) is 107 Å². The molecule has 7 nitrogen and oxygen atoms in total. The highest BCUT2D eigenvalue weighted by Gasteiger charge is 2.26. The van der Waals surface area contributed by atoms with Crippen molar-refractivity contribution >= 4 is 16.0 Å². The molecule has 3 aromatic carbocycles. The van der Waals surface area contributed by atoms with Crippen LogP contribution in [0.15, 0.2) is 77.7 Å². The van der Waals surface area contributed by atoms with Gasteiger partial charge in [-0.05, 0) is 92.3 Å². The second-order valence-corrected chi connectivity index (χ2v) is 13.7. The number of rotatable bonds is 17. The van der Waals surface area contributed by atoms with Crippen LogP contribution in [-0.2, 0) is 34.1 Å². The molecule has 0 saturated heterocycles. The first-order valence-corrected chi connectivity index (χ1v) is 16.2. The first-order chi connectivity index (χ1) is 19.9. The maximum absolute atomic E-state index is 13.5. The highest BCUT2D eigenvalue weighted by atomic mass is 32.2. The van der Waals surface area contributed by atoms with Crippen LogP contribution in [0.25, 0.3) is 11.1 Å². The van der Waals surface area contributed by atoms with Gasteiger partial charge in [0.2, 0.25) is 10.0 Å². The number of hydrogen-bond donors (Lipinski definition) is 3. The molecule has 0 aliphatic carbocycles. The quantitative estimate of drug-likeness (QED) is 0.185. The summed E-state index contributed by atoms with van der Waals surface area (Å²) in [6.07, 6.45) is 4.07. The van der Waals surface area contributed by atoms with E-state index in [1.54, 1.807) is 6.07 Å². The molecule has 0 aliphatic heterocycles. The van der Waals surface area contributed by atoms with Gasteiger partial charge in [-0.25, -0.2) is 8.42 Å². The number of aliphatic hydroxyl groups excluding tert-OH is 1. The molecular weight excluding hydrogens is 548 g/mol. The van der Waals surface area contributed by atoms with E-state index in [0.717, 1.165) is 41.5 Å². The third-order valence-corrected chi connectivity index (χ3v) is 9.59. The summed E-state index contributed by atoms with van der Waals surface area (Å²) in [5.41, 5.74) is 4.80. The van der Waals surface area contributed by atoms with Gasteiger partial charge in [-0.1, -0.05) is 67.6 Å². The Morgan fingerprint density at radius 3 is 2.19 bits per heavy atom. The maximum atomic E-state index is 13.5. The Labute approximate surface area is 251 Å². The lowest BCUT2D eigenvalue weighted by Crippen LogP contribution is -2.46. The number of β-amino-alcohol motifs (C(OH)–C–C–N with tert-alkyl or cyclic N) is 1. The molecule has 1 atom stereocenters. The fraction of sp³-hybridized carbons (Fsp3) is 0.441.